The zero-order valence-electron chi connectivity index (χ0n) is 12.1. The molecule has 1 aliphatic heterocycles. The molecule has 0 saturated heterocycles. The van der Waals surface area contributed by atoms with Crippen LogP contribution < -0.4 is 5.32 Å². The summed E-state index contributed by atoms with van der Waals surface area (Å²) in [5.41, 5.74) is 3.98. The lowest BCUT2D eigenvalue weighted by atomic mass is 10.0. The summed E-state index contributed by atoms with van der Waals surface area (Å²) in [5.74, 6) is 1.20. The zero-order valence-corrected chi connectivity index (χ0v) is 12.9. The summed E-state index contributed by atoms with van der Waals surface area (Å²) < 4.78 is 1.92. The van der Waals surface area contributed by atoms with Crippen LogP contribution in [0.5, 0.6) is 0 Å². The summed E-state index contributed by atoms with van der Waals surface area (Å²) in [4.78, 5) is 1.43. The van der Waals surface area contributed by atoms with Crippen LogP contribution in [0.1, 0.15) is 36.2 Å². The van der Waals surface area contributed by atoms with Gasteiger partial charge in [-0.2, -0.15) is 5.10 Å². The van der Waals surface area contributed by atoms with Crippen LogP contribution >= 0.6 is 11.8 Å². The Labute approximate surface area is 124 Å². The van der Waals surface area contributed by atoms with Gasteiger partial charge in [0.15, 0.2) is 0 Å². The summed E-state index contributed by atoms with van der Waals surface area (Å²) >= 11 is 1.97. The van der Waals surface area contributed by atoms with Crippen molar-refractivity contribution < 1.29 is 0 Å². The lowest BCUT2D eigenvalue weighted by Gasteiger charge is -2.26. The quantitative estimate of drug-likeness (QED) is 0.935. The Hall–Kier alpha value is -1.26. The topological polar surface area (TPSA) is 29.9 Å². The molecule has 3 nitrogen and oxygen atoms in total. The van der Waals surface area contributed by atoms with Crippen molar-refractivity contribution in [2.45, 2.75) is 37.2 Å². The largest absolute Gasteiger partial charge is 0.306 e. The number of benzene rings is 1. The molecule has 4 heteroatoms. The van der Waals surface area contributed by atoms with Gasteiger partial charge in [-0.15, -0.1) is 11.8 Å². The van der Waals surface area contributed by atoms with E-state index in [-0.39, 0.29) is 0 Å². The summed E-state index contributed by atoms with van der Waals surface area (Å²) in [6.45, 7) is 3.07. The minimum absolute atomic E-state index is 0.470. The molecule has 0 aliphatic carbocycles. The highest BCUT2D eigenvalue weighted by Crippen LogP contribution is 2.35. The van der Waals surface area contributed by atoms with Crippen molar-refractivity contribution in [3.05, 3.63) is 47.3 Å². The molecule has 0 bridgehead atoms. The highest BCUT2D eigenvalue weighted by atomic mass is 32.2. The second kappa shape index (κ2) is 6.02. The molecule has 0 spiro atoms. The molecular weight excluding hydrogens is 266 g/mol. The molecule has 0 saturated carbocycles. The van der Waals surface area contributed by atoms with Crippen LogP contribution in [0.25, 0.3) is 0 Å². The van der Waals surface area contributed by atoms with E-state index in [9.17, 15) is 0 Å². The minimum atomic E-state index is 0.470. The van der Waals surface area contributed by atoms with Crippen LogP contribution in [0, 0.1) is 0 Å². The second-order valence-corrected chi connectivity index (χ2v) is 6.37. The highest BCUT2D eigenvalue weighted by Gasteiger charge is 2.20. The first-order valence-electron chi connectivity index (χ1n) is 7.24. The van der Waals surface area contributed by atoms with E-state index in [2.05, 4.69) is 47.8 Å². The lowest BCUT2D eigenvalue weighted by molar-refractivity contribution is 0.508. The van der Waals surface area contributed by atoms with Crippen LogP contribution in [0.15, 0.2) is 35.4 Å². The van der Waals surface area contributed by atoms with Gasteiger partial charge in [0.2, 0.25) is 0 Å². The van der Waals surface area contributed by atoms with Crippen LogP contribution in [0.3, 0.4) is 0 Å². The molecule has 1 aromatic carbocycles. The first-order chi connectivity index (χ1) is 9.78. The van der Waals surface area contributed by atoms with Gasteiger partial charge in [0.1, 0.15) is 0 Å². The standard InChI is InChI=1S/C16H21N3S/c1-3-14-12(11-19(2)18-14)10-17-15-8-9-20-16-7-5-4-6-13(15)16/h4-7,11,15,17H,3,8-10H2,1-2H3. The van der Waals surface area contributed by atoms with Gasteiger partial charge < -0.3 is 5.32 Å². The van der Waals surface area contributed by atoms with E-state index in [0.29, 0.717) is 6.04 Å². The van der Waals surface area contributed by atoms with Gasteiger partial charge in [-0.3, -0.25) is 4.68 Å². The normalized spacial score (nSPS) is 18.0. The first-order valence-corrected chi connectivity index (χ1v) is 8.23. The molecule has 1 aromatic heterocycles. The van der Waals surface area contributed by atoms with Crippen LogP contribution in [0.2, 0.25) is 0 Å². The predicted molar refractivity (Wildman–Crippen MR) is 83.9 cm³/mol. The number of hydrogen-bond acceptors (Lipinski definition) is 3. The third-order valence-corrected chi connectivity index (χ3v) is 4.95. The molecule has 0 amide bonds. The predicted octanol–water partition coefficient (Wildman–Crippen LogP) is 3.31. The van der Waals surface area contributed by atoms with E-state index in [1.807, 2.05) is 23.5 Å². The fraction of sp³-hybridized carbons (Fsp3) is 0.438. The Balaban J connectivity index is 1.73. The molecular formula is C16H21N3S. The van der Waals surface area contributed by atoms with Gasteiger partial charge >= 0.3 is 0 Å². The van der Waals surface area contributed by atoms with Crippen molar-refractivity contribution in [1.29, 1.82) is 0 Å². The van der Waals surface area contributed by atoms with Crippen LogP contribution in [-0.4, -0.2) is 15.5 Å². The number of rotatable bonds is 4. The molecule has 0 fully saturated rings. The average Bonchev–Trinajstić information content (AvgIpc) is 2.85. The first kappa shape index (κ1) is 13.7. The maximum absolute atomic E-state index is 4.51. The number of nitrogens with one attached hydrogen (secondary N) is 1. The number of nitrogens with zero attached hydrogens (tertiary/aromatic N) is 2. The maximum Gasteiger partial charge on any atom is 0.0666 e. The van der Waals surface area contributed by atoms with E-state index >= 15 is 0 Å². The SMILES string of the molecule is CCc1nn(C)cc1CNC1CCSc2ccccc21. The molecule has 1 aliphatic rings. The molecule has 1 unspecified atom stereocenters. The molecule has 1 atom stereocenters. The maximum atomic E-state index is 4.51. The summed E-state index contributed by atoms with van der Waals surface area (Å²) in [7, 11) is 2.00. The molecule has 106 valence electrons. The molecule has 2 aromatic rings. The van der Waals surface area contributed by atoms with Crippen molar-refractivity contribution in [2.24, 2.45) is 7.05 Å². The Kier molecular flexibility index (Phi) is 4.13. The van der Waals surface area contributed by atoms with Crippen molar-refractivity contribution >= 4 is 11.8 Å². The zero-order chi connectivity index (χ0) is 13.9. The highest BCUT2D eigenvalue weighted by molar-refractivity contribution is 7.99. The van der Waals surface area contributed by atoms with Gasteiger partial charge in [0, 0.05) is 36.3 Å². The number of fused-ring (bicyclic) bond motifs is 1. The van der Waals surface area contributed by atoms with Crippen molar-refractivity contribution in [3.8, 4) is 0 Å². The van der Waals surface area contributed by atoms with Gasteiger partial charge in [-0.05, 0) is 30.2 Å². The van der Waals surface area contributed by atoms with Gasteiger partial charge in [-0.1, -0.05) is 25.1 Å². The van der Waals surface area contributed by atoms with Crippen molar-refractivity contribution in [2.75, 3.05) is 5.75 Å². The Bertz CT molecular complexity index is 591. The Morgan fingerprint density at radius 1 is 1.40 bits per heavy atom. The third-order valence-electron chi connectivity index (χ3n) is 3.82. The third kappa shape index (κ3) is 2.76. The van der Waals surface area contributed by atoms with Crippen molar-refractivity contribution in [1.82, 2.24) is 15.1 Å². The number of aryl methyl sites for hydroxylation is 2. The van der Waals surface area contributed by atoms with Gasteiger partial charge in [0.05, 0.1) is 5.69 Å². The minimum Gasteiger partial charge on any atom is -0.306 e. The van der Waals surface area contributed by atoms with E-state index in [0.717, 1.165) is 13.0 Å². The van der Waals surface area contributed by atoms with Crippen LogP contribution in [0.4, 0.5) is 0 Å². The van der Waals surface area contributed by atoms with Crippen LogP contribution in [-0.2, 0) is 20.0 Å². The van der Waals surface area contributed by atoms with E-state index in [1.54, 1.807) is 0 Å². The van der Waals surface area contributed by atoms with E-state index in [4.69, 9.17) is 0 Å². The Morgan fingerprint density at radius 2 is 2.25 bits per heavy atom. The summed E-state index contributed by atoms with van der Waals surface area (Å²) in [6, 6.07) is 9.22. The monoisotopic (exact) mass is 287 g/mol. The number of thioether (sulfide) groups is 1. The smallest absolute Gasteiger partial charge is 0.0666 e. The molecule has 0 radical (unpaired) electrons. The van der Waals surface area contributed by atoms with E-state index < -0.39 is 0 Å². The number of aromatic nitrogens is 2. The fourth-order valence-electron chi connectivity index (χ4n) is 2.82. The molecule has 2 heterocycles. The fourth-order valence-corrected chi connectivity index (χ4v) is 3.94. The summed E-state index contributed by atoms with van der Waals surface area (Å²) in [5, 5.41) is 8.23. The molecule has 20 heavy (non-hydrogen) atoms. The molecule has 1 N–H and O–H groups in total. The van der Waals surface area contributed by atoms with Gasteiger partial charge in [-0.25, -0.2) is 0 Å². The number of hydrogen-bond donors (Lipinski definition) is 1. The lowest BCUT2D eigenvalue weighted by Crippen LogP contribution is -2.24. The second-order valence-electron chi connectivity index (χ2n) is 5.24. The van der Waals surface area contributed by atoms with Gasteiger partial charge in [0.25, 0.3) is 0 Å². The summed E-state index contributed by atoms with van der Waals surface area (Å²) in [6.07, 6.45) is 4.33. The average molecular weight is 287 g/mol. The molecule has 3 rings (SSSR count). The Morgan fingerprint density at radius 3 is 3.10 bits per heavy atom. The van der Waals surface area contributed by atoms with E-state index in [1.165, 1.54) is 33.9 Å². The van der Waals surface area contributed by atoms with Crippen molar-refractivity contribution in [3.63, 3.8) is 0 Å².